The summed E-state index contributed by atoms with van der Waals surface area (Å²) in [5.74, 6) is 1.66. The number of nitrogens with zero attached hydrogens (tertiary/aromatic N) is 1. The molecular formula is C11H11ClN2O. The molecule has 0 bridgehead atoms. The minimum atomic E-state index is 0.407. The van der Waals surface area contributed by atoms with Gasteiger partial charge in [-0.1, -0.05) is 6.07 Å². The molecule has 78 valence electrons. The first-order chi connectivity index (χ1) is 7.25. The van der Waals surface area contributed by atoms with E-state index in [1.165, 1.54) is 0 Å². The molecule has 0 amide bonds. The normalized spacial score (nSPS) is 10.3. The van der Waals surface area contributed by atoms with Gasteiger partial charge >= 0.3 is 0 Å². The first-order valence-electron chi connectivity index (χ1n) is 4.65. The van der Waals surface area contributed by atoms with Crippen LogP contribution in [0.15, 0.2) is 34.9 Å². The second kappa shape index (κ2) is 4.36. The molecule has 2 rings (SSSR count). The number of hydrogen-bond acceptors (Lipinski definition) is 3. The van der Waals surface area contributed by atoms with Gasteiger partial charge < -0.3 is 9.73 Å². The predicted octanol–water partition coefficient (Wildman–Crippen LogP) is 3.25. The first kappa shape index (κ1) is 10.1. The Bertz CT molecular complexity index is 453. The number of hydrogen-bond donors (Lipinski definition) is 1. The van der Waals surface area contributed by atoms with E-state index in [0.717, 1.165) is 17.1 Å². The van der Waals surface area contributed by atoms with Crippen molar-refractivity contribution >= 4 is 17.4 Å². The van der Waals surface area contributed by atoms with Crippen LogP contribution in [0.4, 0.5) is 5.82 Å². The molecule has 0 fully saturated rings. The Hall–Kier alpha value is -1.48. The lowest BCUT2D eigenvalue weighted by atomic mass is 10.3. The Labute approximate surface area is 93.1 Å². The quantitative estimate of drug-likeness (QED) is 0.867. The molecule has 3 nitrogen and oxygen atoms in total. The minimum Gasteiger partial charge on any atom is -0.448 e. The van der Waals surface area contributed by atoms with E-state index in [2.05, 4.69) is 10.3 Å². The molecule has 1 N–H and O–H groups in total. The van der Waals surface area contributed by atoms with Crippen molar-refractivity contribution in [3.8, 4) is 0 Å². The van der Waals surface area contributed by atoms with Crippen LogP contribution in [0.2, 0.25) is 5.22 Å². The van der Waals surface area contributed by atoms with Crippen molar-refractivity contribution in [2.24, 2.45) is 0 Å². The SMILES string of the molecule is Cc1cccnc1NCc1ccc(Cl)o1. The third-order valence-electron chi connectivity index (χ3n) is 2.07. The van der Waals surface area contributed by atoms with E-state index in [0.29, 0.717) is 11.8 Å². The van der Waals surface area contributed by atoms with Crippen LogP contribution in [0.1, 0.15) is 11.3 Å². The Kier molecular flexibility index (Phi) is 2.92. The van der Waals surface area contributed by atoms with Crippen molar-refractivity contribution in [2.75, 3.05) is 5.32 Å². The molecule has 0 spiro atoms. The van der Waals surface area contributed by atoms with Crippen molar-refractivity contribution in [2.45, 2.75) is 13.5 Å². The van der Waals surface area contributed by atoms with Gasteiger partial charge in [-0.25, -0.2) is 4.98 Å². The maximum atomic E-state index is 5.66. The van der Waals surface area contributed by atoms with Crippen molar-refractivity contribution in [3.05, 3.63) is 47.0 Å². The lowest BCUT2D eigenvalue weighted by molar-refractivity contribution is 0.519. The monoisotopic (exact) mass is 222 g/mol. The van der Waals surface area contributed by atoms with E-state index >= 15 is 0 Å². The maximum absolute atomic E-state index is 5.66. The van der Waals surface area contributed by atoms with Gasteiger partial charge in [0.1, 0.15) is 11.6 Å². The molecule has 0 aliphatic heterocycles. The fourth-order valence-corrected chi connectivity index (χ4v) is 1.45. The van der Waals surface area contributed by atoms with E-state index in [1.54, 1.807) is 12.3 Å². The van der Waals surface area contributed by atoms with E-state index in [9.17, 15) is 0 Å². The second-order valence-electron chi connectivity index (χ2n) is 3.23. The van der Waals surface area contributed by atoms with Gasteiger partial charge in [0.25, 0.3) is 0 Å². The van der Waals surface area contributed by atoms with Gasteiger partial charge in [-0.2, -0.15) is 0 Å². The highest BCUT2D eigenvalue weighted by atomic mass is 35.5. The van der Waals surface area contributed by atoms with Crippen molar-refractivity contribution in [1.82, 2.24) is 4.98 Å². The molecular weight excluding hydrogens is 212 g/mol. The second-order valence-corrected chi connectivity index (χ2v) is 3.60. The van der Waals surface area contributed by atoms with E-state index < -0.39 is 0 Å². The van der Waals surface area contributed by atoms with Gasteiger partial charge in [0.15, 0.2) is 5.22 Å². The molecule has 2 aromatic heterocycles. The number of aryl methyl sites for hydroxylation is 1. The average molecular weight is 223 g/mol. The molecule has 0 saturated carbocycles. The van der Waals surface area contributed by atoms with Gasteiger partial charge in [-0.15, -0.1) is 0 Å². The molecule has 2 aromatic rings. The molecule has 0 radical (unpaired) electrons. The molecule has 2 heterocycles. The van der Waals surface area contributed by atoms with Crippen LogP contribution < -0.4 is 5.32 Å². The number of furan rings is 1. The molecule has 4 heteroatoms. The van der Waals surface area contributed by atoms with Crippen molar-refractivity contribution in [1.29, 1.82) is 0 Å². The van der Waals surface area contributed by atoms with Crippen LogP contribution in [0, 0.1) is 6.92 Å². The highest BCUT2D eigenvalue weighted by Crippen LogP contribution is 2.15. The maximum Gasteiger partial charge on any atom is 0.193 e. The molecule has 0 unspecified atom stereocenters. The summed E-state index contributed by atoms with van der Waals surface area (Å²) in [5.41, 5.74) is 1.11. The van der Waals surface area contributed by atoms with Crippen LogP contribution in [-0.4, -0.2) is 4.98 Å². The lowest BCUT2D eigenvalue weighted by Crippen LogP contribution is -2.01. The minimum absolute atomic E-state index is 0.407. The Morgan fingerprint density at radius 3 is 2.93 bits per heavy atom. The highest BCUT2D eigenvalue weighted by Gasteiger charge is 2.01. The fraction of sp³-hybridized carbons (Fsp3) is 0.182. The Morgan fingerprint density at radius 1 is 1.40 bits per heavy atom. The summed E-state index contributed by atoms with van der Waals surface area (Å²) in [5, 5.41) is 3.59. The Balaban J connectivity index is 2.02. The van der Waals surface area contributed by atoms with Crippen LogP contribution in [0.25, 0.3) is 0 Å². The van der Waals surface area contributed by atoms with E-state index in [1.807, 2.05) is 25.1 Å². The van der Waals surface area contributed by atoms with Crippen LogP contribution in [0.5, 0.6) is 0 Å². The van der Waals surface area contributed by atoms with Gasteiger partial charge in [0.2, 0.25) is 0 Å². The van der Waals surface area contributed by atoms with E-state index in [-0.39, 0.29) is 0 Å². The topological polar surface area (TPSA) is 38.1 Å². The standard InChI is InChI=1S/C11H11ClN2O/c1-8-3-2-6-13-11(8)14-7-9-4-5-10(12)15-9/h2-6H,7H2,1H3,(H,13,14). The van der Waals surface area contributed by atoms with Crippen LogP contribution >= 0.6 is 11.6 Å². The van der Waals surface area contributed by atoms with Crippen LogP contribution in [-0.2, 0) is 6.54 Å². The van der Waals surface area contributed by atoms with Crippen molar-refractivity contribution in [3.63, 3.8) is 0 Å². The summed E-state index contributed by atoms with van der Waals surface area (Å²) < 4.78 is 5.22. The van der Waals surface area contributed by atoms with Gasteiger partial charge in [-0.05, 0) is 42.3 Å². The summed E-state index contributed by atoms with van der Waals surface area (Å²) in [6.45, 7) is 2.59. The number of rotatable bonds is 3. The fourth-order valence-electron chi connectivity index (χ4n) is 1.29. The smallest absolute Gasteiger partial charge is 0.193 e. The molecule has 0 aliphatic carbocycles. The lowest BCUT2D eigenvalue weighted by Gasteiger charge is -2.05. The molecule has 0 saturated heterocycles. The van der Waals surface area contributed by atoms with Gasteiger partial charge in [-0.3, -0.25) is 0 Å². The molecule has 0 atom stereocenters. The first-order valence-corrected chi connectivity index (χ1v) is 5.03. The molecule has 15 heavy (non-hydrogen) atoms. The zero-order valence-electron chi connectivity index (χ0n) is 8.33. The summed E-state index contributed by atoms with van der Waals surface area (Å²) in [4.78, 5) is 4.21. The summed E-state index contributed by atoms with van der Waals surface area (Å²) in [6.07, 6.45) is 1.75. The molecule has 0 aliphatic rings. The predicted molar refractivity (Wildman–Crippen MR) is 60.0 cm³/mol. The van der Waals surface area contributed by atoms with Gasteiger partial charge in [0, 0.05) is 6.20 Å². The average Bonchev–Trinajstić information content (AvgIpc) is 2.63. The number of pyridine rings is 1. The zero-order valence-corrected chi connectivity index (χ0v) is 9.08. The number of anilines is 1. The summed E-state index contributed by atoms with van der Waals surface area (Å²) in [7, 11) is 0. The third kappa shape index (κ3) is 2.50. The number of aromatic nitrogens is 1. The van der Waals surface area contributed by atoms with Crippen LogP contribution in [0.3, 0.4) is 0 Å². The third-order valence-corrected chi connectivity index (χ3v) is 2.27. The highest BCUT2D eigenvalue weighted by molar-refractivity contribution is 6.28. The summed E-state index contributed by atoms with van der Waals surface area (Å²) >= 11 is 5.66. The largest absolute Gasteiger partial charge is 0.448 e. The zero-order chi connectivity index (χ0) is 10.7. The Morgan fingerprint density at radius 2 is 2.27 bits per heavy atom. The molecule has 0 aromatic carbocycles. The van der Waals surface area contributed by atoms with Gasteiger partial charge in [0.05, 0.1) is 6.54 Å². The van der Waals surface area contributed by atoms with E-state index in [4.69, 9.17) is 16.0 Å². The van der Waals surface area contributed by atoms with Crippen molar-refractivity contribution < 1.29 is 4.42 Å². The number of halogens is 1. The number of nitrogens with one attached hydrogen (secondary N) is 1. The summed E-state index contributed by atoms with van der Waals surface area (Å²) in [6, 6.07) is 7.48.